The Balaban J connectivity index is 1.74. The molecule has 18 heavy (non-hydrogen) atoms. The van der Waals surface area contributed by atoms with Crippen LogP contribution in [-0.4, -0.2) is 22.0 Å². The van der Waals surface area contributed by atoms with E-state index in [-0.39, 0.29) is 12.1 Å². The number of hydrogen-bond acceptors (Lipinski definition) is 3. The highest BCUT2D eigenvalue weighted by atomic mass is 16.5. The summed E-state index contributed by atoms with van der Waals surface area (Å²) >= 11 is 0. The molecule has 0 aliphatic heterocycles. The first kappa shape index (κ1) is 11.3. The number of carbonyl (C=O) groups is 1. The predicted molar refractivity (Wildman–Crippen MR) is 68.4 cm³/mol. The highest BCUT2D eigenvalue weighted by molar-refractivity contribution is 5.90. The van der Waals surface area contributed by atoms with Crippen LogP contribution in [0.15, 0.2) is 24.3 Å². The molecule has 0 radical (unpaired) electrons. The second kappa shape index (κ2) is 4.80. The minimum Gasteiger partial charge on any atom is -0.457 e. The molecule has 94 valence electrons. The summed E-state index contributed by atoms with van der Waals surface area (Å²) in [6, 6.07) is 7.60. The van der Waals surface area contributed by atoms with E-state index in [4.69, 9.17) is 4.74 Å². The summed E-state index contributed by atoms with van der Waals surface area (Å²) in [7, 11) is 0. The van der Waals surface area contributed by atoms with E-state index in [9.17, 15) is 4.79 Å². The number of nitrogens with zero attached hydrogens (tertiary/aromatic N) is 1. The van der Waals surface area contributed by atoms with E-state index in [2.05, 4.69) is 9.97 Å². The van der Waals surface area contributed by atoms with Crippen LogP contribution in [0.4, 0.5) is 0 Å². The van der Waals surface area contributed by atoms with Gasteiger partial charge in [-0.05, 0) is 37.8 Å². The molecule has 1 fully saturated rings. The van der Waals surface area contributed by atoms with Gasteiger partial charge in [-0.1, -0.05) is 18.6 Å². The van der Waals surface area contributed by atoms with Crippen LogP contribution in [-0.2, 0) is 4.74 Å². The number of ether oxygens (including phenoxy) is 1. The largest absolute Gasteiger partial charge is 0.457 e. The van der Waals surface area contributed by atoms with Crippen LogP contribution in [0.2, 0.25) is 0 Å². The van der Waals surface area contributed by atoms with Crippen molar-refractivity contribution in [2.24, 2.45) is 0 Å². The minimum atomic E-state index is -0.335. The molecular formula is C14H16N2O2. The number of fused-ring (bicyclic) bond motifs is 1. The van der Waals surface area contributed by atoms with Crippen LogP contribution >= 0.6 is 0 Å². The Morgan fingerprint density at radius 3 is 2.78 bits per heavy atom. The number of nitrogens with one attached hydrogen (secondary N) is 1. The van der Waals surface area contributed by atoms with Gasteiger partial charge in [-0.25, -0.2) is 9.78 Å². The fourth-order valence-corrected chi connectivity index (χ4v) is 2.44. The number of para-hydroxylation sites is 2. The van der Waals surface area contributed by atoms with Gasteiger partial charge >= 0.3 is 5.97 Å². The maximum Gasteiger partial charge on any atom is 0.374 e. The highest BCUT2D eigenvalue weighted by Crippen LogP contribution is 2.21. The third-order valence-corrected chi connectivity index (χ3v) is 3.41. The maximum atomic E-state index is 12.0. The molecule has 0 bridgehead atoms. The van der Waals surface area contributed by atoms with Crippen LogP contribution in [0.3, 0.4) is 0 Å². The van der Waals surface area contributed by atoms with Gasteiger partial charge in [0.05, 0.1) is 11.0 Å². The molecule has 0 saturated heterocycles. The van der Waals surface area contributed by atoms with E-state index in [1.807, 2.05) is 24.3 Å². The quantitative estimate of drug-likeness (QED) is 0.826. The van der Waals surface area contributed by atoms with Crippen LogP contribution in [0.5, 0.6) is 0 Å². The first-order chi connectivity index (χ1) is 8.83. The number of carbonyl (C=O) groups excluding carboxylic acids is 1. The standard InChI is InChI=1S/C14H16N2O2/c17-14(18-10-6-2-1-3-7-10)13-15-11-8-4-5-9-12(11)16-13/h4-5,8-10H,1-3,6-7H2,(H,15,16). The molecule has 0 atom stereocenters. The monoisotopic (exact) mass is 244 g/mol. The Bertz CT molecular complexity index is 523. The molecule has 1 saturated carbocycles. The number of aromatic amines is 1. The van der Waals surface area contributed by atoms with Gasteiger partial charge in [-0.3, -0.25) is 0 Å². The molecule has 0 unspecified atom stereocenters. The first-order valence-electron chi connectivity index (χ1n) is 6.49. The lowest BCUT2D eigenvalue weighted by Crippen LogP contribution is -2.21. The normalized spacial score (nSPS) is 16.9. The Labute approximate surface area is 105 Å². The van der Waals surface area contributed by atoms with E-state index >= 15 is 0 Å². The van der Waals surface area contributed by atoms with Gasteiger partial charge in [0.2, 0.25) is 5.82 Å². The van der Waals surface area contributed by atoms with Crippen LogP contribution < -0.4 is 0 Å². The molecule has 1 aromatic carbocycles. The molecular weight excluding hydrogens is 228 g/mol. The molecule has 3 rings (SSSR count). The minimum absolute atomic E-state index is 0.0689. The lowest BCUT2D eigenvalue weighted by Gasteiger charge is -2.21. The summed E-state index contributed by atoms with van der Waals surface area (Å²) < 4.78 is 5.47. The lowest BCUT2D eigenvalue weighted by molar-refractivity contribution is 0.0199. The molecule has 1 aromatic heterocycles. The van der Waals surface area contributed by atoms with Crippen molar-refractivity contribution in [3.8, 4) is 0 Å². The highest BCUT2D eigenvalue weighted by Gasteiger charge is 2.20. The Morgan fingerprint density at radius 2 is 2.00 bits per heavy atom. The van der Waals surface area contributed by atoms with Crippen LogP contribution in [0.1, 0.15) is 42.7 Å². The molecule has 0 spiro atoms. The van der Waals surface area contributed by atoms with Gasteiger partial charge in [-0.2, -0.15) is 0 Å². The topological polar surface area (TPSA) is 55.0 Å². The van der Waals surface area contributed by atoms with E-state index in [0.29, 0.717) is 5.82 Å². The Kier molecular flexibility index (Phi) is 3.00. The molecule has 1 aliphatic rings. The number of rotatable bonds is 2. The summed E-state index contributed by atoms with van der Waals surface area (Å²) in [6.45, 7) is 0. The Hall–Kier alpha value is -1.84. The molecule has 4 heteroatoms. The average molecular weight is 244 g/mol. The van der Waals surface area contributed by atoms with E-state index in [0.717, 1.165) is 36.7 Å². The summed E-state index contributed by atoms with van der Waals surface area (Å²) in [5, 5.41) is 0. The van der Waals surface area contributed by atoms with Gasteiger partial charge in [0.1, 0.15) is 6.10 Å². The molecule has 1 N–H and O–H groups in total. The average Bonchev–Trinajstić information content (AvgIpc) is 2.84. The van der Waals surface area contributed by atoms with Crippen molar-refractivity contribution >= 4 is 17.0 Å². The van der Waals surface area contributed by atoms with E-state index < -0.39 is 0 Å². The summed E-state index contributed by atoms with van der Waals surface area (Å²) in [5.41, 5.74) is 1.67. The van der Waals surface area contributed by atoms with Gasteiger partial charge in [0.15, 0.2) is 0 Å². The van der Waals surface area contributed by atoms with E-state index in [1.165, 1.54) is 6.42 Å². The second-order valence-corrected chi connectivity index (χ2v) is 4.77. The zero-order chi connectivity index (χ0) is 12.4. The molecule has 1 aliphatic carbocycles. The molecule has 4 nitrogen and oxygen atoms in total. The lowest BCUT2D eigenvalue weighted by atomic mass is 9.98. The van der Waals surface area contributed by atoms with Gasteiger partial charge < -0.3 is 9.72 Å². The van der Waals surface area contributed by atoms with Crippen molar-refractivity contribution in [1.82, 2.24) is 9.97 Å². The van der Waals surface area contributed by atoms with Crippen molar-refractivity contribution < 1.29 is 9.53 Å². The van der Waals surface area contributed by atoms with Crippen molar-refractivity contribution in [3.63, 3.8) is 0 Å². The summed E-state index contributed by atoms with van der Waals surface area (Å²) in [6.07, 6.45) is 5.58. The van der Waals surface area contributed by atoms with Gasteiger partial charge in [0.25, 0.3) is 0 Å². The Morgan fingerprint density at radius 1 is 1.22 bits per heavy atom. The van der Waals surface area contributed by atoms with E-state index in [1.54, 1.807) is 0 Å². The number of benzene rings is 1. The number of aromatic nitrogens is 2. The van der Waals surface area contributed by atoms with Crippen molar-refractivity contribution in [2.75, 3.05) is 0 Å². The number of imidazole rings is 1. The van der Waals surface area contributed by atoms with Crippen LogP contribution in [0.25, 0.3) is 11.0 Å². The molecule has 0 amide bonds. The van der Waals surface area contributed by atoms with Gasteiger partial charge in [0, 0.05) is 0 Å². The number of hydrogen-bond donors (Lipinski definition) is 1. The number of esters is 1. The zero-order valence-electron chi connectivity index (χ0n) is 10.2. The van der Waals surface area contributed by atoms with Gasteiger partial charge in [-0.15, -0.1) is 0 Å². The zero-order valence-corrected chi connectivity index (χ0v) is 10.2. The van der Waals surface area contributed by atoms with Crippen molar-refractivity contribution in [2.45, 2.75) is 38.2 Å². The molecule has 2 aromatic rings. The fourth-order valence-electron chi connectivity index (χ4n) is 2.44. The smallest absolute Gasteiger partial charge is 0.374 e. The SMILES string of the molecule is O=C(OC1CCCCC1)c1nc2ccccc2[nH]1. The molecule has 1 heterocycles. The fraction of sp³-hybridized carbons (Fsp3) is 0.429. The van der Waals surface area contributed by atoms with Crippen molar-refractivity contribution in [3.05, 3.63) is 30.1 Å². The first-order valence-corrected chi connectivity index (χ1v) is 6.49. The second-order valence-electron chi connectivity index (χ2n) is 4.77. The number of H-pyrrole nitrogens is 1. The van der Waals surface area contributed by atoms with Crippen LogP contribution in [0, 0.1) is 0 Å². The van der Waals surface area contributed by atoms with Crippen molar-refractivity contribution in [1.29, 1.82) is 0 Å². The maximum absolute atomic E-state index is 12.0. The predicted octanol–water partition coefficient (Wildman–Crippen LogP) is 3.05. The summed E-state index contributed by atoms with van der Waals surface area (Å²) in [5.74, 6) is -0.0279. The summed E-state index contributed by atoms with van der Waals surface area (Å²) in [4.78, 5) is 19.2. The third kappa shape index (κ3) is 2.23. The third-order valence-electron chi connectivity index (χ3n) is 3.41.